The summed E-state index contributed by atoms with van der Waals surface area (Å²) in [5, 5.41) is 3.06. The first-order valence-electron chi connectivity index (χ1n) is 10.6. The molecule has 1 aliphatic carbocycles. The Morgan fingerprint density at radius 3 is 2.67 bits per heavy atom. The van der Waals surface area contributed by atoms with Crippen LogP contribution in [0.1, 0.15) is 40.4 Å². The van der Waals surface area contributed by atoms with Crippen LogP contribution >= 0.6 is 0 Å². The van der Waals surface area contributed by atoms with Crippen molar-refractivity contribution in [3.05, 3.63) is 41.2 Å². The van der Waals surface area contributed by atoms with Gasteiger partial charge in [0.15, 0.2) is 0 Å². The Morgan fingerprint density at radius 1 is 1.24 bits per heavy atom. The van der Waals surface area contributed by atoms with Crippen LogP contribution in [0.3, 0.4) is 0 Å². The highest BCUT2D eigenvalue weighted by atomic mass is 19.4. The second-order valence-electron chi connectivity index (χ2n) is 8.08. The second kappa shape index (κ2) is 8.22. The summed E-state index contributed by atoms with van der Waals surface area (Å²) in [5.41, 5.74) is 0.719. The van der Waals surface area contributed by atoms with E-state index in [2.05, 4.69) is 20.3 Å². The number of hydrogen-bond donors (Lipinski definition) is 2. The van der Waals surface area contributed by atoms with Crippen LogP contribution in [0.4, 0.5) is 24.8 Å². The fourth-order valence-corrected chi connectivity index (χ4v) is 3.99. The van der Waals surface area contributed by atoms with Crippen molar-refractivity contribution < 1.29 is 27.4 Å². The largest absolute Gasteiger partial charge is 0.495 e. The van der Waals surface area contributed by atoms with Gasteiger partial charge in [0.25, 0.3) is 5.91 Å². The summed E-state index contributed by atoms with van der Waals surface area (Å²) in [4.78, 5) is 25.8. The van der Waals surface area contributed by atoms with Gasteiger partial charge in [-0.15, -0.1) is 0 Å². The number of methoxy groups -OCH3 is 1. The van der Waals surface area contributed by atoms with Crippen LogP contribution in [0.15, 0.2) is 24.4 Å². The number of benzene rings is 1. The maximum Gasteiger partial charge on any atom is 0.418 e. The molecule has 8 nitrogen and oxygen atoms in total. The number of nitrogens with zero attached hydrogens (tertiary/aromatic N) is 3. The first-order chi connectivity index (χ1) is 15.8. The van der Waals surface area contributed by atoms with E-state index in [-0.39, 0.29) is 28.8 Å². The number of halogens is 3. The Balaban J connectivity index is 1.46. The number of hydrogen-bond acceptors (Lipinski definition) is 6. The summed E-state index contributed by atoms with van der Waals surface area (Å²) in [6.45, 7) is 2.05. The van der Waals surface area contributed by atoms with Crippen molar-refractivity contribution in [3.63, 3.8) is 0 Å². The van der Waals surface area contributed by atoms with Crippen molar-refractivity contribution in [2.75, 3.05) is 38.7 Å². The second-order valence-corrected chi connectivity index (χ2v) is 8.08. The molecule has 5 rings (SSSR count). The Morgan fingerprint density at radius 2 is 2.00 bits per heavy atom. The Kier molecular flexibility index (Phi) is 5.35. The quantitative estimate of drug-likeness (QED) is 0.595. The molecular formula is C22H22F3N5O3. The number of anilines is 2. The lowest BCUT2D eigenvalue weighted by Crippen LogP contribution is -2.40. The molecule has 174 valence electrons. The molecule has 33 heavy (non-hydrogen) atoms. The van der Waals surface area contributed by atoms with Gasteiger partial charge in [0, 0.05) is 30.8 Å². The first-order valence-corrected chi connectivity index (χ1v) is 10.6. The topological polar surface area (TPSA) is 92.4 Å². The Labute approximate surface area is 187 Å². The normalized spacial score (nSPS) is 16.8. The minimum atomic E-state index is -4.49. The Bertz CT molecular complexity index is 1200. The van der Waals surface area contributed by atoms with E-state index in [1.165, 1.54) is 7.11 Å². The molecule has 0 spiro atoms. The lowest BCUT2D eigenvalue weighted by Gasteiger charge is -2.27. The summed E-state index contributed by atoms with van der Waals surface area (Å²) >= 11 is 0. The molecule has 0 unspecified atom stereocenters. The van der Waals surface area contributed by atoms with Crippen molar-refractivity contribution in [2.24, 2.45) is 0 Å². The zero-order valence-corrected chi connectivity index (χ0v) is 17.8. The van der Waals surface area contributed by atoms with Gasteiger partial charge >= 0.3 is 6.18 Å². The summed E-state index contributed by atoms with van der Waals surface area (Å²) in [7, 11) is 1.48. The average molecular weight is 461 g/mol. The van der Waals surface area contributed by atoms with E-state index in [9.17, 15) is 18.0 Å². The summed E-state index contributed by atoms with van der Waals surface area (Å²) in [5.74, 6) is 0.407. The van der Waals surface area contributed by atoms with Crippen molar-refractivity contribution in [1.82, 2.24) is 19.9 Å². The lowest BCUT2D eigenvalue weighted by atomic mass is 10.1. The minimum absolute atomic E-state index is 0.0222. The van der Waals surface area contributed by atoms with Gasteiger partial charge in [0.05, 0.1) is 42.7 Å². The monoisotopic (exact) mass is 461 g/mol. The third kappa shape index (κ3) is 4.20. The molecule has 2 fully saturated rings. The number of amides is 1. The van der Waals surface area contributed by atoms with Crippen LogP contribution in [0.25, 0.3) is 11.0 Å². The summed E-state index contributed by atoms with van der Waals surface area (Å²) in [6.07, 6.45) is -1.99. The van der Waals surface area contributed by atoms with Crippen LogP contribution in [0, 0.1) is 0 Å². The number of ether oxygens (including phenoxy) is 2. The maximum atomic E-state index is 13.5. The fourth-order valence-electron chi connectivity index (χ4n) is 3.99. The molecular weight excluding hydrogens is 439 g/mol. The standard InChI is InChI=1S/C22H22F3N5O3/c1-32-16-10-13(20(31)30-6-8-33-9-7-30)4-5-15(16)27-21-28-18(12-2-3-12)17-14(22(23,24)25)11-26-19(17)29-21/h4-5,10-12H,2-3,6-9H2,1H3,(H2,26,27,28,29). The predicted octanol–water partition coefficient (Wildman–Crippen LogP) is 4.08. The van der Waals surface area contributed by atoms with Crippen LogP contribution in [-0.4, -0.2) is 59.2 Å². The number of fused-ring (bicyclic) bond motifs is 1. The van der Waals surface area contributed by atoms with Gasteiger partial charge in [-0.05, 0) is 31.0 Å². The zero-order valence-electron chi connectivity index (χ0n) is 17.8. The van der Waals surface area contributed by atoms with Gasteiger partial charge in [-0.3, -0.25) is 4.79 Å². The number of morpholine rings is 1. The van der Waals surface area contributed by atoms with Gasteiger partial charge in [0.1, 0.15) is 11.4 Å². The number of aromatic nitrogens is 3. The highest BCUT2D eigenvalue weighted by molar-refractivity contribution is 5.95. The third-order valence-corrected chi connectivity index (χ3v) is 5.82. The molecule has 11 heteroatoms. The summed E-state index contributed by atoms with van der Waals surface area (Å²) < 4.78 is 51.1. The van der Waals surface area contributed by atoms with Crippen LogP contribution in [-0.2, 0) is 10.9 Å². The molecule has 0 atom stereocenters. The van der Waals surface area contributed by atoms with Crippen molar-refractivity contribution >= 4 is 28.6 Å². The van der Waals surface area contributed by atoms with Crippen LogP contribution in [0.5, 0.6) is 5.75 Å². The zero-order chi connectivity index (χ0) is 23.2. The van der Waals surface area contributed by atoms with Gasteiger partial charge in [0.2, 0.25) is 5.95 Å². The van der Waals surface area contributed by atoms with Crippen LogP contribution < -0.4 is 10.1 Å². The lowest BCUT2D eigenvalue weighted by molar-refractivity contribution is -0.136. The van der Waals surface area contributed by atoms with E-state index >= 15 is 0 Å². The van der Waals surface area contributed by atoms with E-state index in [4.69, 9.17) is 9.47 Å². The van der Waals surface area contributed by atoms with E-state index in [0.717, 1.165) is 19.0 Å². The fraction of sp³-hybridized carbons (Fsp3) is 0.409. The molecule has 3 aromatic rings. The number of aromatic amines is 1. The van der Waals surface area contributed by atoms with E-state index in [0.29, 0.717) is 49.0 Å². The first kappa shape index (κ1) is 21.5. The van der Waals surface area contributed by atoms with E-state index in [1.54, 1.807) is 23.1 Å². The molecule has 1 aromatic carbocycles. The average Bonchev–Trinajstić information content (AvgIpc) is 3.56. The Hall–Kier alpha value is -3.34. The SMILES string of the molecule is COc1cc(C(=O)N2CCOCC2)ccc1Nc1nc(C2CC2)c2c(C(F)(F)F)c[nH]c2n1. The van der Waals surface area contributed by atoms with Gasteiger partial charge in [-0.1, -0.05) is 0 Å². The van der Waals surface area contributed by atoms with Crippen LogP contribution in [0.2, 0.25) is 0 Å². The smallest absolute Gasteiger partial charge is 0.418 e. The molecule has 0 radical (unpaired) electrons. The molecule has 1 aliphatic heterocycles. The molecule has 0 bridgehead atoms. The highest BCUT2D eigenvalue weighted by Crippen LogP contribution is 2.45. The van der Waals surface area contributed by atoms with Crippen molar-refractivity contribution in [1.29, 1.82) is 0 Å². The molecule has 2 aromatic heterocycles. The molecule has 2 aliphatic rings. The number of alkyl halides is 3. The maximum absolute atomic E-state index is 13.5. The third-order valence-electron chi connectivity index (χ3n) is 5.82. The summed E-state index contributed by atoms with van der Waals surface area (Å²) in [6, 6.07) is 4.96. The van der Waals surface area contributed by atoms with Crippen molar-refractivity contribution in [2.45, 2.75) is 24.9 Å². The van der Waals surface area contributed by atoms with Crippen molar-refractivity contribution in [3.8, 4) is 5.75 Å². The molecule has 2 N–H and O–H groups in total. The molecule has 1 saturated carbocycles. The van der Waals surface area contributed by atoms with Gasteiger partial charge < -0.3 is 24.7 Å². The number of rotatable bonds is 5. The minimum Gasteiger partial charge on any atom is -0.495 e. The van der Waals surface area contributed by atoms with Gasteiger partial charge in [-0.25, -0.2) is 4.98 Å². The molecule has 3 heterocycles. The van der Waals surface area contributed by atoms with E-state index < -0.39 is 11.7 Å². The number of H-pyrrole nitrogens is 1. The predicted molar refractivity (Wildman–Crippen MR) is 114 cm³/mol. The van der Waals surface area contributed by atoms with Gasteiger partial charge in [-0.2, -0.15) is 18.2 Å². The number of carbonyl (C=O) groups excluding carboxylic acids is 1. The molecule has 1 saturated heterocycles. The van der Waals surface area contributed by atoms with E-state index in [1.807, 2.05) is 0 Å². The molecule has 1 amide bonds. The number of carbonyl (C=O) groups is 1. The highest BCUT2D eigenvalue weighted by Gasteiger charge is 2.38. The number of nitrogens with one attached hydrogen (secondary N) is 2.